The highest BCUT2D eigenvalue weighted by molar-refractivity contribution is 5.60. The molecule has 0 unspecified atom stereocenters. The highest BCUT2D eigenvalue weighted by atomic mass is 16.5. The summed E-state index contributed by atoms with van der Waals surface area (Å²) in [5.74, 6) is 1.58. The number of hydrogen-bond acceptors (Lipinski definition) is 4. The summed E-state index contributed by atoms with van der Waals surface area (Å²) in [4.78, 5) is 7.92. The molecule has 0 fully saturated rings. The van der Waals surface area contributed by atoms with Crippen molar-refractivity contribution < 1.29 is 8.83 Å². The lowest BCUT2D eigenvalue weighted by Gasteiger charge is -1.75. The van der Waals surface area contributed by atoms with Gasteiger partial charge < -0.3 is 8.83 Å². The van der Waals surface area contributed by atoms with Gasteiger partial charge in [0.25, 0.3) is 0 Å². The molecule has 2 heterocycles. The molecule has 0 spiro atoms. The van der Waals surface area contributed by atoms with Crippen LogP contribution in [0, 0.1) is 13.8 Å². The van der Waals surface area contributed by atoms with Crippen LogP contribution in [0.2, 0.25) is 0 Å². The maximum atomic E-state index is 5.05. The van der Waals surface area contributed by atoms with E-state index in [0.717, 1.165) is 0 Å². The van der Waals surface area contributed by atoms with Crippen molar-refractivity contribution in [1.82, 2.24) is 9.97 Å². The summed E-state index contributed by atoms with van der Waals surface area (Å²) in [7, 11) is 0. The lowest BCUT2D eigenvalue weighted by Crippen LogP contribution is -1.71. The van der Waals surface area contributed by atoms with Crippen LogP contribution < -0.4 is 0 Å². The highest BCUT2D eigenvalue weighted by Crippen LogP contribution is 2.14. The monoisotopic (exact) mass is 138 g/mol. The summed E-state index contributed by atoms with van der Waals surface area (Å²) < 4.78 is 10.1. The maximum Gasteiger partial charge on any atom is 0.339 e. The van der Waals surface area contributed by atoms with Crippen molar-refractivity contribution in [3.63, 3.8) is 0 Å². The Morgan fingerprint density at radius 2 is 1.50 bits per heavy atom. The molecule has 2 rings (SSSR count). The number of oxazole rings is 2. The third-order valence-electron chi connectivity index (χ3n) is 1.19. The number of fused-ring (bicyclic) bond motifs is 1. The van der Waals surface area contributed by atoms with Crippen molar-refractivity contribution >= 4 is 11.4 Å². The first-order valence-corrected chi connectivity index (χ1v) is 2.96. The van der Waals surface area contributed by atoms with E-state index in [9.17, 15) is 0 Å². The standard InChI is InChI=1S/C6H6N2O2/c1-3-7-5-6(9-3)10-4(2)8-5/h1-2H3. The minimum Gasteiger partial charge on any atom is -0.408 e. The van der Waals surface area contributed by atoms with E-state index in [2.05, 4.69) is 9.97 Å². The van der Waals surface area contributed by atoms with Gasteiger partial charge in [-0.15, -0.1) is 0 Å². The Balaban J connectivity index is 2.83. The fraction of sp³-hybridized carbons (Fsp3) is 0.333. The second-order valence-corrected chi connectivity index (χ2v) is 2.08. The number of aryl methyl sites for hydroxylation is 2. The van der Waals surface area contributed by atoms with Gasteiger partial charge in [-0.25, -0.2) is 0 Å². The van der Waals surface area contributed by atoms with Gasteiger partial charge in [-0.05, 0) is 0 Å². The third kappa shape index (κ3) is 0.618. The normalized spacial score (nSPS) is 11.0. The minimum absolute atomic E-state index is 0.412. The molecule has 2 aromatic heterocycles. The predicted octanol–water partition coefficient (Wildman–Crippen LogP) is 1.43. The molecule has 10 heavy (non-hydrogen) atoms. The molecule has 0 radical (unpaired) electrons. The summed E-state index contributed by atoms with van der Waals surface area (Å²) >= 11 is 0. The number of rotatable bonds is 0. The fourth-order valence-corrected chi connectivity index (χ4v) is 0.841. The van der Waals surface area contributed by atoms with Crippen LogP contribution in [0.25, 0.3) is 11.4 Å². The van der Waals surface area contributed by atoms with E-state index < -0.39 is 0 Å². The van der Waals surface area contributed by atoms with Crippen LogP contribution in [-0.2, 0) is 0 Å². The summed E-state index contributed by atoms with van der Waals surface area (Å²) in [6.45, 7) is 3.51. The zero-order chi connectivity index (χ0) is 7.14. The average molecular weight is 138 g/mol. The Hall–Kier alpha value is -1.32. The maximum absolute atomic E-state index is 5.05. The first-order valence-electron chi connectivity index (χ1n) is 2.96. The topological polar surface area (TPSA) is 52.1 Å². The van der Waals surface area contributed by atoms with Gasteiger partial charge in [0.05, 0.1) is 0 Å². The zero-order valence-corrected chi connectivity index (χ0v) is 5.71. The van der Waals surface area contributed by atoms with Gasteiger partial charge in [0, 0.05) is 13.8 Å². The summed E-state index contributed by atoms with van der Waals surface area (Å²) in [5.41, 5.74) is 0.551. The molecule has 2 aromatic rings. The Bertz CT molecular complexity index is 298. The minimum atomic E-state index is 0.412. The Morgan fingerprint density at radius 3 is 1.90 bits per heavy atom. The second-order valence-electron chi connectivity index (χ2n) is 2.08. The first-order chi connectivity index (χ1) is 4.75. The van der Waals surface area contributed by atoms with Crippen molar-refractivity contribution in [3.8, 4) is 0 Å². The van der Waals surface area contributed by atoms with E-state index in [1.165, 1.54) is 0 Å². The molecule has 0 amide bonds. The van der Waals surface area contributed by atoms with Crippen LogP contribution in [-0.4, -0.2) is 9.97 Å². The van der Waals surface area contributed by atoms with Crippen LogP contribution >= 0.6 is 0 Å². The van der Waals surface area contributed by atoms with Gasteiger partial charge in [-0.3, -0.25) is 0 Å². The van der Waals surface area contributed by atoms with Crippen LogP contribution in [0.1, 0.15) is 11.8 Å². The number of hydrogen-bond donors (Lipinski definition) is 0. The fourth-order valence-electron chi connectivity index (χ4n) is 0.841. The molecule has 0 atom stereocenters. The molecule has 0 aliphatic heterocycles. The van der Waals surface area contributed by atoms with Crippen molar-refractivity contribution in [2.75, 3.05) is 0 Å². The average Bonchev–Trinajstić information content (AvgIpc) is 2.21. The molecule has 0 aromatic carbocycles. The quantitative estimate of drug-likeness (QED) is 0.552. The molecule has 4 heteroatoms. The molecule has 0 N–H and O–H groups in total. The van der Waals surface area contributed by atoms with Gasteiger partial charge in [-0.2, -0.15) is 9.97 Å². The van der Waals surface area contributed by atoms with Gasteiger partial charge >= 0.3 is 5.78 Å². The molecule has 0 aliphatic carbocycles. The third-order valence-corrected chi connectivity index (χ3v) is 1.19. The summed E-state index contributed by atoms with van der Waals surface area (Å²) in [6, 6.07) is 0. The Kier molecular flexibility index (Phi) is 0.869. The molecule has 52 valence electrons. The molecular weight excluding hydrogens is 132 g/mol. The molecule has 0 saturated heterocycles. The van der Waals surface area contributed by atoms with E-state index in [1.54, 1.807) is 13.8 Å². The van der Waals surface area contributed by atoms with E-state index in [-0.39, 0.29) is 0 Å². The van der Waals surface area contributed by atoms with Gasteiger partial charge in [-0.1, -0.05) is 0 Å². The zero-order valence-electron chi connectivity index (χ0n) is 5.71. The van der Waals surface area contributed by atoms with Crippen LogP contribution in [0.4, 0.5) is 0 Å². The SMILES string of the molecule is Cc1nc2nc(C)oc2o1. The second kappa shape index (κ2) is 1.59. The van der Waals surface area contributed by atoms with Crippen LogP contribution in [0.5, 0.6) is 0 Å². The molecule has 0 bridgehead atoms. The van der Waals surface area contributed by atoms with Gasteiger partial charge in [0.15, 0.2) is 11.8 Å². The molecule has 4 nitrogen and oxygen atoms in total. The molecular formula is C6H6N2O2. The van der Waals surface area contributed by atoms with Crippen molar-refractivity contribution in [3.05, 3.63) is 11.8 Å². The highest BCUT2D eigenvalue weighted by Gasteiger charge is 2.07. The first kappa shape index (κ1) is 5.46. The van der Waals surface area contributed by atoms with Crippen LogP contribution in [0.15, 0.2) is 8.83 Å². The van der Waals surface area contributed by atoms with E-state index in [4.69, 9.17) is 8.83 Å². The number of aromatic nitrogens is 2. The number of nitrogens with zero attached hydrogens (tertiary/aromatic N) is 2. The van der Waals surface area contributed by atoms with Gasteiger partial charge in [0.1, 0.15) is 0 Å². The Labute approximate surface area is 56.9 Å². The van der Waals surface area contributed by atoms with Crippen LogP contribution in [0.3, 0.4) is 0 Å². The summed E-state index contributed by atoms with van der Waals surface area (Å²) in [5, 5.41) is 0. The molecule has 0 aliphatic rings. The molecule has 0 saturated carbocycles. The van der Waals surface area contributed by atoms with E-state index >= 15 is 0 Å². The van der Waals surface area contributed by atoms with Crippen molar-refractivity contribution in [2.45, 2.75) is 13.8 Å². The van der Waals surface area contributed by atoms with Crippen molar-refractivity contribution in [2.24, 2.45) is 0 Å². The lowest BCUT2D eigenvalue weighted by molar-refractivity contribution is 0.437. The van der Waals surface area contributed by atoms with E-state index in [1.807, 2.05) is 0 Å². The largest absolute Gasteiger partial charge is 0.408 e. The Morgan fingerprint density at radius 1 is 1.00 bits per heavy atom. The predicted molar refractivity (Wildman–Crippen MR) is 33.5 cm³/mol. The smallest absolute Gasteiger partial charge is 0.339 e. The van der Waals surface area contributed by atoms with Gasteiger partial charge in [0.2, 0.25) is 5.65 Å². The lowest BCUT2D eigenvalue weighted by atomic mass is 10.7. The van der Waals surface area contributed by atoms with E-state index in [0.29, 0.717) is 23.2 Å². The van der Waals surface area contributed by atoms with Crippen molar-refractivity contribution in [1.29, 1.82) is 0 Å². The summed E-state index contributed by atoms with van der Waals surface area (Å²) in [6.07, 6.45) is 0.